The number of fused-ring (bicyclic) bond motifs is 4. The lowest BCUT2D eigenvalue weighted by atomic mass is 9.99. The van der Waals surface area contributed by atoms with Crippen LogP contribution in [0.5, 0.6) is 5.75 Å². The van der Waals surface area contributed by atoms with Crippen molar-refractivity contribution in [2.75, 3.05) is 41.4 Å². The van der Waals surface area contributed by atoms with E-state index in [2.05, 4.69) is 25.2 Å². The van der Waals surface area contributed by atoms with Gasteiger partial charge in [0.2, 0.25) is 5.95 Å². The van der Waals surface area contributed by atoms with Crippen molar-refractivity contribution in [3.63, 3.8) is 0 Å². The molecule has 3 aliphatic heterocycles. The molecule has 0 unspecified atom stereocenters. The van der Waals surface area contributed by atoms with Gasteiger partial charge in [-0.1, -0.05) is 23.7 Å². The summed E-state index contributed by atoms with van der Waals surface area (Å²) < 4.78 is 57.2. The van der Waals surface area contributed by atoms with E-state index >= 15 is 0 Å². The van der Waals surface area contributed by atoms with E-state index in [1.54, 1.807) is 6.07 Å². The molecular weight excluding hydrogens is 577 g/mol. The number of benzene rings is 1. The molecule has 2 amide bonds. The van der Waals surface area contributed by atoms with E-state index in [-0.39, 0.29) is 41.0 Å². The fourth-order valence-electron chi connectivity index (χ4n) is 5.39. The molecule has 2 bridgehead atoms. The second kappa shape index (κ2) is 10.9. The van der Waals surface area contributed by atoms with Crippen molar-refractivity contribution in [1.29, 1.82) is 0 Å². The van der Waals surface area contributed by atoms with Crippen LogP contribution in [0.25, 0.3) is 11.3 Å². The zero-order valence-corrected chi connectivity index (χ0v) is 23.6. The molecule has 2 aromatic heterocycles. The monoisotopic (exact) mass is 604 g/mol. The van der Waals surface area contributed by atoms with Crippen molar-refractivity contribution >= 4 is 35.1 Å². The molecule has 2 saturated heterocycles. The van der Waals surface area contributed by atoms with Crippen molar-refractivity contribution in [2.45, 2.75) is 50.8 Å². The topological polar surface area (TPSA) is 102 Å². The van der Waals surface area contributed by atoms with Crippen LogP contribution in [0.2, 0.25) is 5.02 Å². The number of carbonyl (C=O) groups is 1. The van der Waals surface area contributed by atoms with Crippen LogP contribution in [0.4, 0.5) is 35.4 Å². The third-order valence-corrected chi connectivity index (χ3v) is 7.59. The second-order valence-electron chi connectivity index (χ2n) is 10.8. The number of alkyl halides is 3. The SMILES string of the molecule is CC1(C)OC[C@H](COc2cnc(NC(=O)N3c4nc(-c5cccc(C(F)(F)F)c5)c(Cl)cc4N4CCC[C@H]3C4)nc2)O1. The standard InChI is InChI=1S/C28H28ClF3N6O4/c1-27(2)41-15-20(42-27)14-40-19-11-33-25(34-12-19)36-26(39)38-18-7-4-8-37(13-18)22-10-21(29)23(35-24(22)38)16-5-3-6-17(9-16)28(30,31)32/h3,5-6,9-12,18,20H,4,7-8,13-15H2,1-2H3,(H,33,34,36,39)/t18-,20-/m0/s1. The first-order valence-corrected chi connectivity index (χ1v) is 13.8. The Hall–Kier alpha value is -3.68. The van der Waals surface area contributed by atoms with Gasteiger partial charge in [0.05, 0.1) is 47.0 Å². The minimum atomic E-state index is -4.53. The summed E-state index contributed by atoms with van der Waals surface area (Å²) in [5.74, 6) is 0.104. The smallest absolute Gasteiger partial charge is 0.416 e. The van der Waals surface area contributed by atoms with Crippen LogP contribution in [0.15, 0.2) is 42.7 Å². The molecule has 10 nitrogen and oxygen atoms in total. The fourth-order valence-corrected chi connectivity index (χ4v) is 5.64. The Morgan fingerprint density at radius 2 is 2.02 bits per heavy atom. The molecule has 42 heavy (non-hydrogen) atoms. The van der Waals surface area contributed by atoms with Crippen LogP contribution in [-0.2, 0) is 15.7 Å². The number of carbonyl (C=O) groups excluding carboxylic acids is 1. The van der Waals surface area contributed by atoms with E-state index < -0.39 is 23.6 Å². The highest BCUT2D eigenvalue weighted by Crippen LogP contribution is 2.43. The third-order valence-electron chi connectivity index (χ3n) is 7.30. The first-order valence-electron chi connectivity index (χ1n) is 13.5. The molecule has 6 rings (SSSR count). The van der Waals surface area contributed by atoms with Gasteiger partial charge >= 0.3 is 12.2 Å². The van der Waals surface area contributed by atoms with Gasteiger partial charge in [-0.3, -0.25) is 10.2 Å². The molecule has 0 spiro atoms. The fraction of sp³-hybridized carbons (Fsp3) is 0.429. The molecule has 5 heterocycles. The summed E-state index contributed by atoms with van der Waals surface area (Å²) in [6, 6.07) is 5.73. The summed E-state index contributed by atoms with van der Waals surface area (Å²) in [6.45, 7) is 5.64. The highest BCUT2D eigenvalue weighted by molar-refractivity contribution is 6.33. The third kappa shape index (κ3) is 5.81. The van der Waals surface area contributed by atoms with Crippen molar-refractivity contribution in [3.05, 3.63) is 53.3 Å². The molecule has 3 aromatic rings. The van der Waals surface area contributed by atoms with E-state index in [1.165, 1.54) is 29.4 Å². The number of amides is 2. The summed E-state index contributed by atoms with van der Waals surface area (Å²) in [6.07, 6.45) is -0.294. The molecule has 222 valence electrons. The van der Waals surface area contributed by atoms with Gasteiger partial charge in [-0.2, -0.15) is 13.2 Å². The predicted octanol–water partition coefficient (Wildman–Crippen LogP) is 5.76. The van der Waals surface area contributed by atoms with Gasteiger partial charge in [0.25, 0.3) is 0 Å². The van der Waals surface area contributed by atoms with Crippen LogP contribution in [-0.4, -0.2) is 65.2 Å². The average molecular weight is 605 g/mol. The molecule has 2 fully saturated rings. The van der Waals surface area contributed by atoms with Gasteiger partial charge < -0.3 is 19.1 Å². The number of piperidine rings is 1. The van der Waals surface area contributed by atoms with Crippen molar-refractivity contribution < 1.29 is 32.2 Å². The van der Waals surface area contributed by atoms with Gasteiger partial charge in [-0.25, -0.2) is 19.7 Å². The van der Waals surface area contributed by atoms with E-state index in [4.69, 9.17) is 25.8 Å². The molecule has 3 aliphatic rings. The lowest BCUT2D eigenvalue weighted by molar-refractivity contribution is -0.141. The second-order valence-corrected chi connectivity index (χ2v) is 11.2. The number of nitrogens with one attached hydrogen (secondary N) is 1. The molecule has 1 aromatic carbocycles. The van der Waals surface area contributed by atoms with Crippen LogP contribution >= 0.6 is 11.6 Å². The number of hydrogen-bond acceptors (Lipinski definition) is 8. The first-order chi connectivity index (χ1) is 20.0. The minimum Gasteiger partial charge on any atom is -0.488 e. The van der Waals surface area contributed by atoms with Crippen LogP contribution < -0.4 is 19.9 Å². The summed E-state index contributed by atoms with van der Waals surface area (Å²) >= 11 is 6.56. The Bertz CT molecular complexity index is 1490. The van der Waals surface area contributed by atoms with E-state index in [9.17, 15) is 18.0 Å². The largest absolute Gasteiger partial charge is 0.488 e. The molecule has 1 N–H and O–H groups in total. The summed E-state index contributed by atoms with van der Waals surface area (Å²) in [5, 5.41) is 2.91. The number of halogens is 4. The van der Waals surface area contributed by atoms with Gasteiger partial charge in [-0.05, 0) is 44.9 Å². The molecule has 14 heteroatoms. The van der Waals surface area contributed by atoms with Gasteiger partial charge in [-0.15, -0.1) is 0 Å². The van der Waals surface area contributed by atoms with Gasteiger partial charge in [0, 0.05) is 18.7 Å². The molecule has 0 radical (unpaired) electrons. The van der Waals surface area contributed by atoms with Crippen LogP contribution in [0.1, 0.15) is 32.3 Å². The Morgan fingerprint density at radius 3 is 2.74 bits per heavy atom. The summed E-state index contributed by atoms with van der Waals surface area (Å²) in [4.78, 5) is 30.3. The average Bonchev–Trinajstić information content (AvgIpc) is 3.31. The minimum absolute atomic E-state index is 0.0563. The van der Waals surface area contributed by atoms with E-state index in [0.717, 1.165) is 31.5 Å². The number of ether oxygens (including phenoxy) is 3. The van der Waals surface area contributed by atoms with E-state index in [0.29, 0.717) is 30.4 Å². The maximum absolute atomic E-state index is 13.6. The first kappa shape index (κ1) is 28.4. The van der Waals surface area contributed by atoms with Crippen molar-refractivity contribution in [1.82, 2.24) is 15.0 Å². The highest BCUT2D eigenvalue weighted by Gasteiger charge is 2.39. The number of hydrogen-bond donors (Lipinski definition) is 1. The zero-order valence-electron chi connectivity index (χ0n) is 22.8. The van der Waals surface area contributed by atoms with Crippen molar-refractivity contribution in [2.24, 2.45) is 0 Å². The van der Waals surface area contributed by atoms with Crippen LogP contribution in [0.3, 0.4) is 0 Å². The lowest BCUT2D eigenvalue weighted by Crippen LogP contribution is -2.56. The molecule has 0 saturated carbocycles. The number of pyridine rings is 1. The maximum atomic E-state index is 13.6. The predicted molar refractivity (Wildman–Crippen MR) is 149 cm³/mol. The Labute approximate surface area is 244 Å². The number of nitrogens with zero attached hydrogens (tertiary/aromatic N) is 5. The maximum Gasteiger partial charge on any atom is 0.416 e. The summed E-state index contributed by atoms with van der Waals surface area (Å²) in [5.41, 5.74) is 0.162. The number of aromatic nitrogens is 3. The Morgan fingerprint density at radius 1 is 1.24 bits per heavy atom. The normalized spacial score (nSPS) is 21.2. The molecule has 0 aliphatic carbocycles. The van der Waals surface area contributed by atoms with Gasteiger partial charge in [0.15, 0.2) is 17.4 Å². The number of urea groups is 1. The Balaban J connectivity index is 1.23. The summed E-state index contributed by atoms with van der Waals surface area (Å²) in [7, 11) is 0. The van der Waals surface area contributed by atoms with Crippen LogP contribution in [0, 0.1) is 0 Å². The zero-order chi connectivity index (χ0) is 29.6. The van der Waals surface area contributed by atoms with E-state index in [1.807, 2.05) is 13.8 Å². The number of rotatable bonds is 5. The Kier molecular flexibility index (Phi) is 7.36. The quantitative estimate of drug-likeness (QED) is 0.392. The van der Waals surface area contributed by atoms with Gasteiger partial charge in [0.1, 0.15) is 12.7 Å². The molecule has 2 atom stereocenters. The van der Waals surface area contributed by atoms with Crippen molar-refractivity contribution in [3.8, 4) is 17.0 Å². The highest BCUT2D eigenvalue weighted by atomic mass is 35.5. The lowest BCUT2D eigenvalue weighted by Gasteiger charge is -2.45. The number of anilines is 3. The molecular formula is C28H28ClF3N6O4.